The molecule has 5 aromatic rings. The van der Waals surface area contributed by atoms with Gasteiger partial charge in [-0.05, 0) is 55.5 Å². The summed E-state index contributed by atoms with van der Waals surface area (Å²) in [6.07, 6.45) is -0.966. The van der Waals surface area contributed by atoms with E-state index in [0.717, 1.165) is 48.4 Å². The van der Waals surface area contributed by atoms with Crippen LogP contribution >= 0.6 is 11.3 Å². The highest BCUT2D eigenvalue weighted by atomic mass is 32.1. The number of nitrogens with one attached hydrogen (secondary N) is 1. The van der Waals surface area contributed by atoms with Gasteiger partial charge in [0.25, 0.3) is 5.91 Å². The van der Waals surface area contributed by atoms with Crippen LogP contribution in [0.4, 0.5) is 5.69 Å². The van der Waals surface area contributed by atoms with Crippen molar-refractivity contribution >= 4 is 49.9 Å². The molecule has 1 unspecified atom stereocenters. The van der Waals surface area contributed by atoms with E-state index in [-0.39, 0.29) is 5.91 Å². The molecule has 1 atom stereocenters. The van der Waals surface area contributed by atoms with Crippen molar-refractivity contribution in [2.75, 3.05) is 5.32 Å². The van der Waals surface area contributed by atoms with Gasteiger partial charge >= 0.3 is 5.97 Å². The second-order valence-electron chi connectivity index (χ2n) is 8.50. The maximum absolute atomic E-state index is 13.3. The number of rotatable bonds is 5. The van der Waals surface area contributed by atoms with E-state index < -0.39 is 12.1 Å². The lowest BCUT2D eigenvalue weighted by Crippen LogP contribution is -2.30. The summed E-state index contributed by atoms with van der Waals surface area (Å²) >= 11 is 1.58. The first-order valence-corrected chi connectivity index (χ1v) is 12.2. The molecule has 0 spiro atoms. The number of benzene rings is 4. The SMILES string of the molecule is Cc1cccc(C)c1NC(=O)C(C)OC(=O)c1cccc2cccc(-c3nc4ccccc4s3)c12. The average Bonchev–Trinajstić information content (AvgIpc) is 3.29. The summed E-state index contributed by atoms with van der Waals surface area (Å²) in [7, 11) is 0. The standard InChI is InChI=1S/C29H24N2O3S/c1-17-9-6-10-18(2)26(17)31-27(32)19(3)34-29(33)22-14-8-12-20-11-7-13-21(25(20)22)28-30-23-15-4-5-16-24(23)35-28/h4-16,19H,1-3H3,(H,31,32). The van der Waals surface area contributed by atoms with Crippen LogP contribution in [0.15, 0.2) is 78.9 Å². The second-order valence-corrected chi connectivity index (χ2v) is 9.53. The van der Waals surface area contributed by atoms with Crippen LogP contribution in [0.5, 0.6) is 0 Å². The van der Waals surface area contributed by atoms with Crippen molar-refractivity contribution in [1.29, 1.82) is 0 Å². The Kier molecular flexibility index (Phi) is 6.05. The van der Waals surface area contributed by atoms with Crippen LogP contribution in [0.25, 0.3) is 31.6 Å². The van der Waals surface area contributed by atoms with Crippen LogP contribution in [0.2, 0.25) is 0 Å². The molecule has 6 heteroatoms. The van der Waals surface area contributed by atoms with Gasteiger partial charge in [-0.15, -0.1) is 11.3 Å². The molecule has 1 aromatic heterocycles. The first-order chi connectivity index (χ1) is 16.9. The maximum atomic E-state index is 13.3. The molecule has 0 radical (unpaired) electrons. The van der Waals surface area contributed by atoms with Crippen molar-refractivity contribution in [2.24, 2.45) is 0 Å². The normalized spacial score (nSPS) is 12.0. The topological polar surface area (TPSA) is 68.3 Å². The van der Waals surface area contributed by atoms with E-state index >= 15 is 0 Å². The zero-order valence-electron chi connectivity index (χ0n) is 19.7. The fourth-order valence-corrected chi connectivity index (χ4v) is 5.19. The molecule has 5 rings (SSSR count). The average molecular weight is 481 g/mol. The number of esters is 1. The molecule has 0 fully saturated rings. The predicted octanol–water partition coefficient (Wildman–Crippen LogP) is 6.92. The summed E-state index contributed by atoms with van der Waals surface area (Å²) in [5.74, 6) is -0.921. The van der Waals surface area contributed by atoms with E-state index in [2.05, 4.69) is 5.32 Å². The molecule has 4 aromatic carbocycles. The van der Waals surface area contributed by atoms with E-state index in [1.165, 1.54) is 0 Å². The number of aryl methyl sites for hydroxylation is 2. The van der Waals surface area contributed by atoms with Crippen LogP contribution < -0.4 is 5.32 Å². The fraction of sp³-hybridized carbons (Fsp3) is 0.138. The highest BCUT2D eigenvalue weighted by molar-refractivity contribution is 7.21. The van der Waals surface area contributed by atoms with Gasteiger partial charge in [-0.25, -0.2) is 9.78 Å². The summed E-state index contributed by atoms with van der Waals surface area (Å²) < 4.78 is 6.72. The van der Waals surface area contributed by atoms with Gasteiger partial charge in [0.05, 0.1) is 15.8 Å². The van der Waals surface area contributed by atoms with E-state index in [0.29, 0.717) is 5.56 Å². The third-order valence-corrected chi connectivity index (χ3v) is 7.10. The van der Waals surface area contributed by atoms with E-state index in [1.54, 1.807) is 24.3 Å². The van der Waals surface area contributed by atoms with Gasteiger partial charge in [-0.1, -0.05) is 60.7 Å². The minimum atomic E-state index is -0.966. The number of nitrogens with zero attached hydrogens (tertiary/aromatic N) is 1. The zero-order chi connectivity index (χ0) is 24.5. The molecule has 0 aliphatic carbocycles. The number of anilines is 1. The third kappa shape index (κ3) is 4.40. The van der Waals surface area contributed by atoms with Gasteiger partial charge < -0.3 is 10.1 Å². The zero-order valence-corrected chi connectivity index (χ0v) is 20.5. The summed E-state index contributed by atoms with van der Waals surface area (Å²) in [6, 6.07) is 25.2. The number of thiazole rings is 1. The van der Waals surface area contributed by atoms with E-state index in [9.17, 15) is 9.59 Å². The molecule has 174 valence electrons. The molecule has 5 nitrogen and oxygen atoms in total. The monoisotopic (exact) mass is 480 g/mol. The van der Waals surface area contributed by atoms with Crippen LogP contribution in [0.1, 0.15) is 28.4 Å². The summed E-state index contributed by atoms with van der Waals surface area (Å²) in [4.78, 5) is 30.9. The van der Waals surface area contributed by atoms with E-state index in [1.807, 2.05) is 86.6 Å². The molecule has 1 heterocycles. The van der Waals surface area contributed by atoms with Crippen molar-refractivity contribution in [3.8, 4) is 10.6 Å². The Morgan fingerprint density at radius 2 is 1.57 bits per heavy atom. The number of ether oxygens (including phenoxy) is 1. The smallest absolute Gasteiger partial charge is 0.339 e. The Bertz CT molecular complexity index is 1530. The Morgan fingerprint density at radius 1 is 0.886 bits per heavy atom. The summed E-state index contributed by atoms with van der Waals surface area (Å²) in [5, 5.41) is 5.40. The Hall–Kier alpha value is -4.03. The Balaban J connectivity index is 1.46. The lowest BCUT2D eigenvalue weighted by molar-refractivity contribution is -0.123. The highest BCUT2D eigenvalue weighted by Gasteiger charge is 2.23. The first-order valence-electron chi connectivity index (χ1n) is 11.4. The van der Waals surface area contributed by atoms with Crippen molar-refractivity contribution in [3.05, 3.63) is 95.6 Å². The number of hydrogen-bond donors (Lipinski definition) is 1. The molecule has 1 amide bonds. The van der Waals surface area contributed by atoms with Crippen LogP contribution in [-0.2, 0) is 9.53 Å². The number of fused-ring (bicyclic) bond motifs is 2. The van der Waals surface area contributed by atoms with Crippen molar-refractivity contribution in [3.63, 3.8) is 0 Å². The van der Waals surface area contributed by atoms with Crippen LogP contribution in [0.3, 0.4) is 0 Å². The van der Waals surface area contributed by atoms with Gasteiger partial charge in [0.1, 0.15) is 5.01 Å². The lowest BCUT2D eigenvalue weighted by Gasteiger charge is -2.17. The number of aromatic nitrogens is 1. The number of carbonyl (C=O) groups excluding carboxylic acids is 2. The van der Waals surface area contributed by atoms with Crippen molar-refractivity contribution in [2.45, 2.75) is 26.9 Å². The Labute approximate surface area is 207 Å². The number of carbonyl (C=O) groups is 2. The highest BCUT2D eigenvalue weighted by Crippen LogP contribution is 2.36. The second kappa shape index (κ2) is 9.31. The quantitative estimate of drug-likeness (QED) is 0.277. The molecule has 1 N–H and O–H groups in total. The van der Waals surface area contributed by atoms with E-state index in [4.69, 9.17) is 9.72 Å². The molecule has 0 aliphatic rings. The van der Waals surface area contributed by atoms with Gasteiger partial charge in [-0.2, -0.15) is 0 Å². The largest absolute Gasteiger partial charge is 0.449 e. The number of amides is 1. The summed E-state index contributed by atoms with van der Waals surface area (Å²) in [6.45, 7) is 5.44. The maximum Gasteiger partial charge on any atom is 0.339 e. The van der Waals surface area contributed by atoms with Gasteiger partial charge in [-0.3, -0.25) is 4.79 Å². The molecular weight excluding hydrogens is 456 g/mol. The third-order valence-electron chi connectivity index (χ3n) is 6.03. The first kappa shape index (κ1) is 22.7. The molecule has 0 bridgehead atoms. The molecule has 35 heavy (non-hydrogen) atoms. The van der Waals surface area contributed by atoms with Gasteiger partial charge in [0.15, 0.2) is 6.10 Å². The molecule has 0 saturated heterocycles. The van der Waals surface area contributed by atoms with Crippen LogP contribution in [-0.4, -0.2) is 23.0 Å². The number of para-hydroxylation sites is 2. The van der Waals surface area contributed by atoms with Gasteiger partial charge in [0, 0.05) is 16.6 Å². The van der Waals surface area contributed by atoms with Crippen molar-refractivity contribution in [1.82, 2.24) is 4.98 Å². The lowest BCUT2D eigenvalue weighted by atomic mass is 9.99. The molecule has 0 saturated carbocycles. The number of hydrogen-bond acceptors (Lipinski definition) is 5. The Morgan fingerprint density at radius 3 is 2.31 bits per heavy atom. The van der Waals surface area contributed by atoms with Crippen molar-refractivity contribution < 1.29 is 14.3 Å². The fourth-order valence-electron chi connectivity index (χ4n) is 4.19. The molecular formula is C29H24N2O3S. The van der Waals surface area contributed by atoms with Gasteiger partial charge in [0.2, 0.25) is 0 Å². The van der Waals surface area contributed by atoms with Crippen LogP contribution in [0, 0.1) is 13.8 Å². The minimum absolute atomic E-state index is 0.373. The minimum Gasteiger partial charge on any atom is -0.449 e. The molecule has 0 aliphatic heterocycles. The summed E-state index contributed by atoms with van der Waals surface area (Å²) in [5.41, 5.74) is 4.83. The predicted molar refractivity (Wildman–Crippen MR) is 142 cm³/mol.